The van der Waals surface area contributed by atoms with E-state index in [-0.39, 0.29) is 11.4 Å². The molecule has 2 N–H and O–H groups in total. The maximum Gasteiger partial charge on any atom is 0.306 e. The van der Waals surface area contributed by atoms with Gasteiger partial charge in [-0.2, -0.15) is 0 Å². The normalized spacial score (nSPS) is 16.9. The second-order valence-corrected chi connectivity index (χ2v) is 4.53. The number of nitrogens with two attached hydrogens (primary N) is 1. The van der Waals surface area contributed by atoms with E-state index in [9.17, 15) is 4.79 Å². The average Bonchev–Trinajstić information content (AvgIpc) is 2.27. The van der Waals surface area contributed by atoms with Crippen molar-refractivity contribution < 1.29 is 9.53 Å². The Balaban J connectivity index is 4.49. The first kappa shape index (κ1) is 14.4. The Labute approximate surface area is 93.4 Å². The van der Waals surface area contributed by atoms with Gasteiger partial charge in [0.1, 0.15) is 0 Å². The summed E-state index contributed by atoms with van der Waals surface area (Å²) in [6, 6.07) is 0. The molecule has 0 aromatic heterocycles. The van der Waals surface area contributed by atoms with Crippen LogP contribution in [0.15, 0.2) is 0 Å². The van der Waals surface area contributed by atoms with Gasteiger partial charge in [-0.1, -0.05) is 27.2 Å². The Morgan fingerprint density at radius 2 is 2.07 bits per heavy atom. The van der Waals surface area contributed by atoms with Gasteiger partial charge in [0, 0.05) is 0 Å². The van der Waals surface area contributed by atoms with Gasteiger partial charge in [-0.3, -0.25) is 4.79 Å². The number of carbonyl (C=O) groups is 1. The molecular weight excluding hydrogens is 190 g/mol. The first-order valence-electron chi connectivity index (χ1n) is 5.80. The predicted molar refractivity (Wildman–Crippen MR) is 62.5 cm³/mol. The minimum atomic E-state index is -0.148. The lowest BCUT2D eigenvalue weighted by atomic mass is 9.74. The van der Waals surface area contributed by atoms with Crippen molar-refractivity contribution in [1.29, 1.82) is 0 Å². The van der Waals surface area contributed by atoms with E-state index < -0.39 is 0 Å². The van der Waals surface area contributed by atoms with Crippen LogP contribution in [0.2, 0.25) is 0 Å². The second-order valence-electron chi connectivity index (χ2n) is 4.53. The van der Waals surface area contributed by atoms with E-state index in [1.165, 1.54) is 7.11 Å². The number of ether oxygens (including phenoxy) is 1. The molecule has 90 valence electrons. The van der Waals surface area contributed by atoms with Crippen molar-refractivity contribution in [2.24, 2.45) is 17.1 Å². The van der Waals surface area contributed by atoms with Crippen molar-refractivity contribution in [2.75, 3.05) is 13.7 Å². The molecule has 0 spiro atoms. The van der Waals surface area contributed by atoms with Gasteiger partial charge in [0.2, 0.25) is 0 Å². The Hall–Kier alpha value is -0.570. The molecule has 0 fully saturated rings. The predicted octanol–water partition coefficient (Wildman–Crippen LogP) is 2.34. The number of carbonyl (C=O) groups excluding carboxylic acids is 1. The van der Waals surface area contributed by atoms with E-state index in [2.05, 4.69) is 20.8 Å². The second kappa shape index (κ2) is 6.83. The fourth-order valence-corrected chi connectivity index (χ4v) is 1.90. The maximum atomic E-state index is 11.3. The Bertz CT molecular complexity index is 188. The molecule has 0 aliphatic rings. The minimum absolute atomic E-state index is 0.0669. The van der Waals surface area contributed by atoms with Crippen LogP contribution in [-0.2, 0) is 9.53 Å². The summed E-state index contributed by atoms with van der Waals surface area (Å²) in [5, 5.41) is 0. The first-order valence-corrected chi connectivity index (χ1v) is 5.80. The molecule has 0 rings (SSSR count). The fourth-order valence-electron chi connectivity index (χ4n) is 1.90. The average molecular weight is 215 g/mol. The summed E-state index contributed by atoms with van der Waals surface area (Å²) in [6.45, 7) is 7.03. The van der Waals surface area contributed by atoms with Crippen molar-refractivity contribution in [3.63, 3.8) is 0 Å². The van der Waals surface area contributed by atoms with Gasteiger partial charge in [0.05, 0.1) is 13.5 Å². The van der Waals surface area contributed by atoms with Gasteiger partial charge in [0.25, 0.3) is 0 Å². The molecule has 2 atom stereocenters. The molecule has 0 aromatic carbocycles. The Kier molecular flexibility index (Phi) is 6.57. The van der Waals surface area contributed by atoms with Crippen molar-refractivity contribution in [3.8, 4) is 0 Å². The van der Waals surface area contributed by atoms with Gasteiger partial charge < -0.3 is 10.5 Å². The van der Waals surface area contributed by atoms with Crippen molar-refractivity contribution >= 4 is 5.97 Å². The number of hydrogen-bond acceptors (Lipinski definition) is 3. The molecule has 3 heteroatoms. The zero-order valence-corrected chi connectivity index (χ0v) is 10.5. The number of methoxy groups -OCH3 is 1. The van der Waals surface area contributed by atoms with Gasteiger partial charge >= 0.3 is 5.97 Å². The Morgan fingerprint density at radius 1 is 1.47 bits per heavy atom. The van der Waals surface area contributed by atoms with Crippen LogP contribution in [0.3, 0.4) is 0 Å². The molecule has 0 aliphatic carbocycles. The molecule has 0 saturated heterocycles. The highest BCUT2D eigenvalue weighted by molar-refractivity contribution is 5.70. The molecule has 0 bridgehead atoms. The highest BCUT2D eigenvalue weighted by atomic mass is 16.5. The van der Waals surface area contributed by atoms with Crippen LogP contribution in [0.25, 0.3) is 0 Å². The van der Waals surface area contributed by atoms with Crippen LogP contribution in [-0.4, -0.2) is 19.6 Å². The molecule has 0 heterocycles. The summed E-state index contributed by atoms with van der Waals surface area (Å²) in [6.07, 6.45) is 3.51. The molecule has 15 heavy (non-hydrogen) atoms. The maximum absolute atomic E-state index is 11.3. The van der Waals surface area contributed by atoms with E-state index in [1.54, 1.807) is 0 Å². The van der Waals surface area contributed by atoms with Crippen LogP contribution >= 0.6 is 0 Å². The fraction of sp³-hybridized carbons (Fsp3) is 0.917. The van der Waals surface area contributed by atoms with E-state index in [0.29, 0.717) is 18.9 Å². The van der Waals surface area contributed by atoms with Crippen LogP contribution in [0.4, 0.5) is 0 Å². The number of rotatable bonds is 7. The van der Waals surface area contributed by atoms with E-state index in [1.807, 2.05) is 0 Å². The summed E-state index contributed by atoms with van der Waals surface area (Å²) in [7, 11) is 1.43. The molecule has 3 nitrogen and oxygen atoms in total. The lowest BCUT2D eigenvalue weighted by molar-refractivity contribution is -0.143. The summed E-state index contributed by atoms with van der Waals surface area (Å²) < 4.78 is 4.73. The molecular formula is C12H25NO2. The number of hydrogen-bond donors (Lipinski definition) is 1. The highest BCUT2D eigenvalue weighted by Gasteiger charge is 2.31. The van der Waals surface area contributed by atoms with Gasteiger partial charge in [-0.05, 0) is 30.7 Å². The van der Waals surface area contributed by atoms with Crippen LogP contribution in [0, 0.1) is 11.3 Å². The van der Waals surface area contributed by atoms with E-state index >= 15 is 0 Å². The van der Waals surface area contributed by atoms with E-state index in [0.717, 1.165) is 19.3 Å². The van der Waals surface area contributed by atoms with Crippen molar-refractivity contribution in [1.82, 2.24) is 0 Å². The Morgan fingerprint density at radius 3 is 2.40 bits per heavy atom. The summed E-state index contributed by atoms with van der Waals surface area (Å²) in [5.74, 6) is 0.462. The standard InChI is InChI=1S/C12H25NO2/c1-5-10(3)7-12(6-2,9-13)8-11(14)15-4/h10H,5-9,13H2,1-4H3. The van der Waals surface area contributed by atoms with Gasteiger partial charge in [0.15, 0.2) is 0 Å². The third kappa shape index (κ3) is 4.65. The molecule has 0 radical (unpaired) electrons. The third-order valence-electron chi connectivity index (χ3n) is 3.41. The van der Waals surface area contributed by atoms with Gasteiger partial charge in [-0.15, -0.1) is 0 Å². The molecule has 2 unspecified atom stereocenters. The monoisotopic (exact) mass is 215 g/mol. The largest absolute Gasteiger partial charge is 0.469 e. The first-order chi connectivity index (χ1) is 7.03. The number of esters is 1. The van der Waals surface area contributed by atoms with Crippen LogP contribution in [0.5, 0.6) is 0 Å². The highest BCUT2D eigenvalue weighted by Crippen LogP contribution is 2.34. The zero-order valence-electron chi connectivity index (χ0n) is 10.5. The summed E-state index contributed by atoms with van der Waals surface area (Å²) in [5.41, 5.74) is 5.75. The van der Waals surface area contributed by atoms with Crippen molar-refractivity contribution in [2.45, 2.75) is 46.5 Å². The molecule has 0 amide bonds. The SMILES string of the molecule is CCC(C)CC(CC)(CN)CC(=O)OC. The molecule has 0 aromatic rings. The van der Waals surface area contributed by atoms with Crippen molar-refractivity contribution in [3.05, 3.63) is 0 Å². The lowest BCUT2D eigenvalue weighted by Crippen LogP contribution is -2.34. The smallest absolute Gasteiger partial charge is 0.306 e. The van der Waals surface area contributed by atoms with Crippen LogP contribution < -0.4 is 5.73 Å². The molecule has 0 aliphatic heterocycles. The minimum Gasteiger partial charge on any atom is -0.469 e. The van der Waals surface area contributed by atoms with Crippen LogP contribution in [0.1, 0.15) is 46.5 Å². The van der Waals surface area contributed by atoms with E-state index in [4.69, 9.17) is 10.5 Å². The quantitative estimate of drug-likeness (QED) is 0.663. The lowest BCUT2D eigenvalue weighted by Gasteiger charge is -2.32. The molecule has 0 saturated carbocycles. The summed E-state index contributed by atoms with van der Waals surface area (Å²) in [4.78, 5) is 11.3. The third-order valence-corrected chi connectivity index (χ3v) is 3.41. The zero-order chi connectivity index (χ0) is 11.9. The topological polar surface area (TPSA) is 52.3 Å². The van der Waals surface area contributed by atoms with Gasteiger partial charge in [-0.25, -0.2) is 0 Å². The summed E-state index contributed by atoms with van der Waals surface area (Å²) >= 11 is 0.